The van der Waals surface area contributed by atoms with Crippen LogP contribution in [0.15, 0.2) is 24.8 Å². The molecule has 0 unspecified atom stereocenters. The zero-order chi connectivity index (χ0) is 19.8. The van der Waals surface area contributed by atoms with Crippen LogP contribution < -0.4 is 0 Å². The molecule has 0 heterocycles. The predicted octanol–water partition coefficient (Wildman–Crippen LogP) is 8.31. The molecule has 0 aliphatic heterocycles. The van der Waals surface area contributed by atoms with Crippen molar-refractivity contribution in [2.75, 3.05) is 6.61 Å². The van der Waals surface area contributed by atoms with Gasteiger partial charge in [-0.25, -0.2) is 4.79 Å². The quantitative estimate of drug-likeness (QED) is 0.0868. The lowest BCUT2D eigenvalue weighted by atomic mass is 10.0. The summed E-state index contributed by atoms with van der Waals surface area (Å²) in [5, 5.41) is 0. The average molecular weight is 379 g/mol. The van der Waals surface area contributed by atoms with Crippen LogP contribution >= 0.6 is 0 Å². The molecule has 0 aromatic rings. The lowest BCUT2D eigenvalue weighted by molar-refractivity contribution is -0.136. The lowest BCUT2D eigenvalue weighted by Gasteiger charge is -2.03. The first-order valence-electron chi connectivity index (χ1n) is 11.8. The molecular formula is C25H46O2. The predicted molar refractivity (Wildman–Crippen MR) is 119 cm³/mol. The van der Waals surface area contributed by atoms with Crippen molar-refractivity contribution in [3.63, 3.8) is 0 Å². The second-order valence-corrected chi connectivity index (χ2v) is 7.75. The molecule has 0 spiro atoms. The van der Waals surface area contributed by atoms with Crippen LogP contribution in [0.4, 0.5) is 0 Å². The van der Waals surface area contributed by atoms with E-state index in [9.17, 15) is 4.79 Å². The number of carbonyl (C=O) groups is 1. The molecule has 0 aromatic carbocycles. The van der Waals surface area contributed by atoms with E-state index in [1.165, 1.54) is 115 Å². The minimum absolute atomic E-state index is 0.350. The van der Waals surface area contributed by atoms with Gasteiger partial charge in [-0.05, 0) is 12.8 Å². The summed E-state index contributed by atoms with van der Waals surface area (Å²) < 4.78 is 4.88. The molecule has 27 heavy (non-hydrogen) atoms. The Bertz CT molecular complexity index is 346. The molecule has 0 aliphatic carbocycles. The highest BCUT2D eigenvalue weighted by Crippen LogP contribution is 2.14. The number of allylic oxidation sites excluding steroid dienone is 1. The maximum absolute atomic E-state index is 10.8. The third kappa shape index (κ3) is 22.9. The molecular weight excluding hydrogens is 332 g/mol. The Balaban J connectivity index is 3.07. The van der Waals surface area contributed by atoms with Crippen molar-refractivity contribution in [2.45, 2.75) is 122 Å². The highest BCUT2D eigenvalue weighted by Gasteiger charge is 1.95. The third-order valence-corrected chi connectivity index (χ3v) is 5.13. The molecule has 0 atom stereocenters. The number of ether oxygens (including phenoxy) is 1. The number of unbranched alkanes of at least 4 members (excludes halogenated alkanes) is 17. The first kappa shape index (κ1) is 26.0. The van der Waals surface area contributed by atoms with Gasteiger partial charge in [0, 0.05) is 6.08 Å². The van der Waals surface area contributed by atoms with Crippen LogP contribution in [-0.2, 0) is 9.53 Å². The summed E-state index contributed by atoms with van der Waals surface area (Å²) in [5.74, 6) is -0.350. The number of hydrogen-bond acceptors (Lipinski definition) is 2. The van der Waals surface area contributed by atoms with Crippen molar-refractivity contribution in [1.82, 2.24) is 0 Å². The zero-order valence-electron chi connectivity index (χ0n) is 18.2. The molecule has 0 saturated heterocycles. The number of esters is 1. The smallest absolute Gasteiger partial charge is 0.330 e. The third-order valence-electron chi connectivity index (χ3n) is 5.13. The van der Waals surface area contributed by atoms with Gasteiger partial charge in [-0.2, -0.15) is 0 Å². The maximum atomic E-state index is 10.8. The summed E-state index contributed by atoms with van der Waals surface area (Å²) in [6.45, 7) is 6.02. The lowest BCUT2D eigenvalue weighted by Crippen LogP contribution is -1.98. The number of carbonyl (C=O) groups excluding carboxylic acids is 1. The minimum atomic E-state index is -0.350. The fourth-order valence-corrected chi connectivity index (χ4v) is 3.36. The van der Waals surface area contributed by atoms with Crippen molar-refractivity contribution in [1.29, 1.82) is 0 Å². The molecule has 0 rings (SSSR count). The summed E-state index contributed by atoms with van der Waals surface area (Å²) in [6.07, 6.45) is 30.3. The van der Waals surface area contributed by atoms with Gasteiger partial charge in [0.15, 0.2) is 0 Å². The Hall–Kier alpha value is -1.05. The van der Waals surface area contributed by atoms with Crippen LogP contribution in [0, 0.1) is 0 Å². The van der Waals surface area contributed by atoms with Crippen LogP contribution in [-0.4, -0.2) is 12.6 Å². The first-order chi connectivity index (χ1) is 13.3. The molecule has 0 amide bonds. The van der Waals surface area contributed by atoms with E-state index in [0.29, 0.717) is 6.61 Å². The van der Waals surface area contributed by atoms with E-state index in [1.807, 2.05) is 6.08 Å². The van der Waals surface area contributed by atoms with E-state index in [-0.39, 0.29) is 5.97 Å². The van der Waals surface area contributed by atoms with E-state index < -0.39 is 0 Å². The summed E-state index contributed by atoms with van der Waals surface area (Å²) in [5.41, 5.74) is 0. The summed E-state index contributed by atoms with van der Waals surface area (Å²) in [4.78, 5) is 10.8. The van der Waals surface area contributed by atoms with E-state index in [4.69, 9.17) is 4.74 Å². The standard InChI is InChI=1S/C25H46O2/c1-3-5-6-7-8-9-10-11-12-13-14-15-16-17-18-19-20-21-22-23-24-27-25(26)4-2/h4,22-23H,2-3,5-21,24H2,1H3/b23-22+. The Morgan fingerprint density at radius 1 is 0.667 bits per heavy atom. The van der Waals surface area contributed by atoms with Crippen LogP contribution in [0.25, 0.3) is 0 Å². The summed E-state index contributed by atoms with van der Waals surface area (Å²) in [6, 6.07) is 0. The maximum Gasteiger partial charge on any atom is 0.330 e. The summed E-state index contributed by atoms with van der Waals surface area (Å²) in [7, 11) is 0. The highest BCUT2D eigenvalue weighted by atomic mass is 16.5. The van der Waals surface area contributed by atoms with Crippen molar-refractivity contribution in [3.05, 3.63) is 24.8 Å². The molecule has 0 aromatic heterocycles. The fourth-order valence-electron chi connectivity index (χ4n) is 3.36. The largest absolute Gasteiger partial charge is 0.458 e. The van der Waals surface area contributed by atoms with Crippen LogP contribution in [0.2, 0.25) is 0 Å². The van der Waals surface area contributed by atoms with Gasteiger partial charge >= 0.3 is 5.97 Å². The highest BCUT2D eigenvalue weighted by molar-refractivity contribution is 5.81. The van der Waals surface area contributed by atoms with Crippen molar-refractivity contribution < 1.29 is 9.53 Å². The molecule has 0 fully saturated rings. The van der Waals surface area contributed by atoms with Crippen LogP contribution in [0.3, 0.4) is 0 Å². The Morgan fingerprint density at radius 2 is 1.07 bits per heavy atom. The Morgan fingerprint density at radius 3 is 1.48 bits per heavy atom. The van der Waals surface area contributed by atoms with Gasteiger partial charge in [0.2, 0.25) is 0 Å². The molecule has 2 nitrogen and oxygen atoms in total. The second-order valence-electron chi connectivity index (χ2n) is 7.75. The normalized spacial score (nSPS) is 11.1. The first-order valence-corrected chi connectivity index (χ1v) is 11.8. The van der Waals surface area contributed by atoms with Crippen molar-refractivity contribution >= 4 is 5.97 Å². The van der Waals surface area contributed by atoms with Gasteiger partial charge in [-0.3, -0.25) is 0 Å². The molecule has 0 saturated carbocycles. The van der Waals surface area contributed by atoms with E-state index in [0.717, 1.165) is 6.42 Å². The number of hydrogen-bond donors (Lipinski definition) is 0. The zero-order valence-corrected chi connectivity index (χ0v) is 18.2. The molecule has 2 heteroatoms. The van der Waals surface area contributed by atoms with Crippen molar-refractivity contribution in [2.24, 2.45) is 0 Å². The number of rotatable bonds is 21. The minimum Gasteiger partial charge on any atom is -0.458 e. The van der Waals surface area contributed by atoms with Gasteiger partial charge in [-0.1, -0.05) is 128 Å². The summed E-state index contributed by atoms with van der Waals surface area (Å²) >= 11 is 0. The molecule has 0 radical (unpaired) electrons. The van der Waals surface area contributed by atoms with Crippen LogP contribution in [0.5, 0.6) is 0 Å². The van der Waals surface area contributed by atoms with Gasteiger partial charge < -0.3 is 4.74 Å². The van der Waals surface area contributed by atoms with Gasteiger partial charge in [0.05, 0.1) is 0 Å². The Labute approximate surface area is 169 Å². The second kappa shape index (κ2) is 23.0. The van der Waals surface area contributed by atoms with Gasteiger partial charge in [-0.15, -0.1) is 0 Å². The molecule has 0 aliphatic rings. The van der Waals surface area contributed by atoms with Gasteiger partial charge in [0.1, 0.15) is 6.61 Å². The van der Waals surface area contributed by atoms with E-state index in [2.05, 4.69) is 19.6 Å². The SMILES string of the molecule is C=CC(=O)OC/C=C/CCCCCCCCCCCCCCCCCCC. The molecule has 158 valence electrons. The van der Waals surface area contributed by atoms with Crippen LogP contribution in [0.1, 0.15) is 122 Å². The van der Waals surface area contributed by atoms with Crippen molar-refractivity contribution in [3.8, 4) is 0 Å². The fraction of sp³-hybridized carbons (Fsp3) is 0.800. The topological polar surface area (TPSA) is 26.3 Å². The van der Waals surface area contributed by atoms with Gasteiger partial charge in [0.25, 0.3) is 0 Å². The van der Waals surface area contributed by atoms with E-state index in [1.54, 1.807) is 0 Å². The molecule has 0 bridgehead atoms. The molecule has 0 N–H and O–H groups in total. The monoisotopic (exact) mass is 378 g/mol. The van der Waals surface area contributed by atoms with E-state index >= 15 is 0 Å². The Kier molecular flexibility index (Phi) is 22.1. The average Bonchev–Trinajstić information content (AvgIpc) is 2.68.